The molecule has 2 fully saturated rings. The van der Waals surface area contributed by atoms with E-state index in [4.69, 9.17) is 9.63 Å². The van der Waals surface area contributed by atoms with Crippen LogP contribution in [0.15, 0.2) is 4.52 Å². The minimum absolute atomic E-state index is 0.246. The maximum atomic E-state index is 10.8. The molecule has 6 nitrogen and oxygen atoms in total. The fraction of sp³-hybridized carbons (Fsp3) is 0.727. The summed E-state index contributed by atoms with van der Waals surface area (Å²) in [7, 11) is 0. The molecular formula is C11H15N3O3. The summed E-state index contributed by atoms with van der Waals surface area (Å²) in [5.41, 5.74) is 0. The fourth-order valence-corrected chi connectivity index (χ4v) is 2.21. The number of nitrogens with zero attached hydrogens (tertiary/aromatic N) is 3. The highest BCUT2D eigenvalue weighted by atomic mass is 16.5. The third kappa shape index (κ3) is 2.31. The number of aromatic nitrogens is 2. The Morgan fingerprint density at radius 3 is 2.94 bits per heavy atom. The summed E-state index contributed by atoms with van der Waals surface area (Å²) in [6.45, 7) is 1.98. The van der Waals surface area contributed by atoms with Gasteiger partial charge < -0.3 is 9.63 Å². The quantitative estimate of drug-likeness (QED) is 0.836. The lowest BCUT2D eigenvalue weighted by Crippen LogP contribution is -2.23. The number of hydrogen-bond donors (Lipinski definition) is 1. The molecule has 1 N–H and O–H groups in total. The summed E-state index contributed by atoms with van der Waals surface area (Å²) >= 11 is 0. The van der Waals surface area contributed by atoms with Gasteiger partial charge in [-0.2, -0.15) is 4.98 Å². The normalized spacial score (nSPS) is 25.3. The summed E-state index contributed by atoms with van der Waals surface area (Å²) in [5, 5.41) is 12.8. The lowest BCUT2D eigenvalue weighted by molar-refractivity contribution is -0.141. The van der Waals surface area contributed by atoms with Crippen molar-refractivity contribution in [1.29, 1.82) is 0 Å². The van der Waals surface area contributed by atoms with Gasteiger partial charge in [0.25, 0.3) is 0 Å². The van der Waals surface area contributed by atoms with Crippen LogP contribution in [-0.2, 0) is 11.3 Å². The summed E-state index contributed by atoms with van der Waals surface area (Å²) < 4.78 is 5.17. The molecule has 1 saturated carbocycles. The molecule has 1 aliphatic carbocycles. The van der Waals surface area contributed by atoms with Crippen molar-refractivity contribution < 1.29 is 14.4 Å². The van der Waals surface area contributed by atoms with E-state index in [9.17, 15) is 4.79 Å². The van der Waals surface area contributed by atoms with Gasteiger partial charge in [0.15, 0.2) is 5.82 Å². The molecule has 1 saturated heterocycles. The van der Waals surface area contributed by atoms with Gasteiger partial charge in [0, 0.05) is 12.5 Å². The van der Waals surface area contributed by atoms with Crippen LogP contribution in [0.3, 0.4) is 0 Å². The largest absolute Gasteiger partial charge is 0.481 e. The lowest BCUT2D eigenvalue weighted by Gasteiger charge is -2.11. The van der Waals surface area contributed by atoms with Gasteiger partial charge in [0.2, 0.25) is 5.89 Å². The molecule has 1 aromatic rings. The molecule has 3 rings (SSSR count). The first kappa shape index (κ1) is 10.7. The summed E-state index contributed by atoms with van der Waals surface area (Å²) in [6.07, 6.45) is 3.00. The second kappa shape index (κ2) is 4.10. The Morgan fingerprint density at radius 2 is 2.29 bits per heavy atom. The molecule has 0 spiro atoms. The third-order valence-corrected chi connectivity index (χ3v) is 3.40. The van der Waals surface area contributed by atoms with Crippen molar-refractivity contribution in [3.05, 3.63) is 11.7 Å². The monoisotopic (exact) mass is 237 g/mol. The van der Waals surface area contributed by atoms with Crippen LogP contribution in [0.2, 0.25) is 0 Å². The number of hydrogen-bond acceptors (Lipinski definition) is 5. The minimum atomic E-state index is -0.709. The SMILES string of the molecule is O=C(O)[C@@H]1CCN(Cc2noc(C3CC3)n2)C1. The number of aliphatic carboxylic acids is 1. The first-order chi connectivity index (χ1) is 8.22. The molecule has 1 aromatic heterocycles. The van der Waals surface area contributed by atoms with E-state index in [0.717, 1.165) is 25.3 Å². The van der Waals surface area contributed by atoms with Crippen molar-refractivity contribution >= 4 is 5.97 Å². The third-order valence-electron chi connectivity index (χ3n) is 3.40. The average Bonchev–Trinajstić information content (AvgIpc) is 2.87. The molecule has 6 heteroatoms. The van der Waals surface area contributed by atoms with Gasteiger partial charge in [-0.25, -0.2) is 0 Å². The predicted octanol–water partition coefficient (Wildman–Crippen LogP) is 0.853. The van der Waals surface area contributed by atoms with Crippen LogP contribution >= 0.6 is 0 Å². The Kier molecular flexibility index (Phi) is 2.58. The lowest BCUT2D eigenvalue weighted by atomic mass is 10.1. The van der Waals surface area contributed by atoms with Crippen molar-refractivity contribution in [2.24, 2.45) is 5.92 Å². The molecule has 0 bridgehead atoms. The van der Waals surface area contributed by atoms with Gasteiger partial charge >= 0.3 is 5.97 Å². The molecular weight excluding hydrogens is 222 g/mol. The molecule has 2 heterocycles. The van der Waals surface area contributed by atoms with E-state index in [2.05, 4.69) is 15.0 Å². The number of carboxylic acids is 1. The van der Waals surface area contributed by atoms with Gasteiger partial charge in [0.1, 0.15) is 0 Å². The van der Waals surface area contributed by atoms with E-state index in [0.29, 0.717) is 31.3 Å². The van der Waals surface area contributed by atoms with E-state index < -0.39 is 5.97 Å². The fourth-order valence-electron chi connectivity index (χ4n) is 2.21. The van der Waals surface area contributed by atoms with E-state index in [1.807, 2.05) is 0 Å². The molecule has 2 aliphatic rings. The Morgan fingerprint density at radius 1 is 1.47 bits per heavy atom. The topological polar surface area (TPSA) is 79.5 Å². The summed E-state index contributed by atoms with van der Waals surface area (Å²) in [6, 6.07) is 0. The molecule has 92 valence electrons. The number of carbonyl (C=O) groups is 1. The van der Waals surface area contributed by atoms with Crippen LogP contribution in [0.4, 0.5) is 0 Å². The first-order valence-corrected chi connectivity index (χ1v) is 6.00. The van der Waals surface area contributed by atoms with Crippen molar-refractivity contribution in [2.75, 3.05) is 13.1 Å². The zero-order chi connectivity index (χ0) is 11.8. The zero-order valence-electron chi connectivity index (χ0n) is 9.50. The molecule has 0 radical (unpaired) electrons. The second-order valence-corrected chi connectivity index (χ2v) is 4.88. The molecule has 0 aromatic carbocycles. The predicted molar refractivity (Wildman–Crippen MR) is 57.3 cm³/mol. The Hall–Kier alpha value is -1.43. The van der Waals surface area contributed by atoms with Gasteiger partial charge in [-0.05, 0) is 25.8 Å². The maximum Gasteiger partial charge on any atom is 0.307 e. The van der Waals surface area contributed by atoms with E-state index in [1.54, 1.807) is 0 Å². The van der Waals surface area contributed by atoms with Crippen LogP contribution < -0.4 is 0 Å². The number of carboxylic acid groups (broad SMARTS) is 1. The van der Waals surface area contributed by atoms with Gasteiger partial charge in [-0.3, -0.25) is 9.69 Å². The molecule has 0 amide bonds. The van der Waals surface area contributed by atoms with Gasteiger partial charge in [0.05, 0.1) is 12.5 Å². The van der Waals surface area contributed by atoms with E-state index >= 15 is 0 Å². The second-order valence-electron chi connectivity index (χ2n) is 4.88. The highest BCUT2D eigenvalue weighted by Gasteiger charge is 2.31. The Bertz CT molecular complexity index is 427. The van der Waals surface area contributed by atoms with Crippen LogP contribution in [0.1, 0.15) is 36.9 Å². The van der Waals surface area contributed by atoms with E-state index in [1.165, 1.54) is 0 Å². The zero-order valence-corrected chi connectivity index (χ0v) is 9.50. The summed E-state index contributed by atoms with van der Waals surface area (Å²) in [5.74, 6) is 0.942. The molecule has 17 heavy (non-hydrogen) atoms. The van der Waals surface area contributed by atoms with Gasteiger partial charge in [-0.1, -0.05) is 5.16 Å². The van der Waals surface area contributed by atoms with E-state index in [-0.39, 0.29) is 5.92 Å². The molecule has 1 aliphatic heterocycles. The highest BCUT2D eigenvalue weighted by Crippen LogP contribution is 2.38. The van der Waals surface area contributed by atoms with Crippen molar-refractivity contribution in [2.45, 2.75) is 31.7 Å². The van der Waals surface area contributed by atoms with Crippen LogP contribution in [0, 0.1) is 5.92 Å². The number of likely N-dealkylation sites (tertiary alicyclic amines) is 1. The van der Waals surface area contributed by atoms with Crippen molar-refractivity contribution in [3.63, 3.8) is 0 Å². The maximum absolute atomic E-state index is 10.8. The average molecular weight is 237 g/mol. The first-order valence-electron chi connectivity index (χ1n) is 6.00. The Labute approximate surface area is 98.6 Å². The minimum Gasteiger partial charge on any atom is -0.481 e. The van der Waals surface area contributed by atoms with Crippen molar-refractivity contribution in [1.82, 2.24) is 15.0 Å². The number of rotatable bonds is 4. The molecule has 0 unspecified atom stereocenters. The Balaban J connectivity index is 1.57. The van der Waals surface area contributed by atoms with Crippen LogP contribution in [0.5, 0.6) is 0 Å². The summed E-state index contributed by atoms with van der Waals surface area (Å²) in [4.78, 5) is 17.2. The van der Waals surface area contributed by atoms with Crippen molar-refractivity contribution in [3.8, 4) is 0 Å². The van der Waals surface area contributed by atoms with Gasteiger partial charge in [-0.15, -0.1) is 0 Å². The molecule has 1 atom stereocenters. The van der Waals surface area contributed by atoms with Crippen LogP contribution in [-0.4, -0.2) is 39.2 Å². The van der Waals surface area contributed by atoms with Crippen LogP contribution in [0.25, 0.3) is 0 Å². The highest BCUT2D eigenvalue weighted by molar-refractivity contribution is 5.70. The smallest absolute Gasteiger partial charge is 0.307 e. The standard InChI is InChI=1S/C11H15N3O3/c15-11(16)8-3-4-14(5-8)6-9-12-10(17-13-9)7-1-2-7/h7-8H,1-6H2,(H,15,16)/t8-/m1/s1.